The van der Waals surface area contributed by atoms with Crippen molar-refractivity contribution >= 4 is 27.7 Å². The minimum absolute atomic E-state index is 0.0320. The summed E-state index contributed by atoms with van der Waals surface area (Å²) in [5, 5.41) is 0. The van der Waals surface area contributed by atoms with Crippen LogP contribution in [0.15, 0.2) is 53.1 Å². The van der Waals surface area contributed by atoms with Crippen LogP contribution in [0.4, 0.5) is 5.82 Å². The molecule has 0 radical (unpaired) electrons. The molecule has 2 aromatic rings. The van der Waals surface area contributed by atoms with E-state index in [0.29, 0.717) is 18.8 Å². The van der Waals surface area contributed by atoms with Crippen molar-refractivity contribution in [2.24, 2.45) is 0 Å². The maximum atomic E-state index is 12.2. The number of ether oxygens (including phenoxy) is 1. The fraction of sp³-hybridized carbons (Fsp3) is 0.294. The first kappa shape index (κ1) is 15.8. The topological polar surface area (TPSA) is 46.9 Å². The summed E-state index contributed by atoms with van der Waals surface area (Å²) in [6, 6.07) is 13.5. The lowest BCUT2D eigenvalue weighted by atomic mass is 10.3. The zero-order chi connectivity index (χ0) is 16.1. The minimum Gasteiger partial charge on any atom is -0.484 e. The van der Waals surface area contributed by atoms with Crippen LogP contribution in [0.5, 0.6) is 5.75 Å². The number of hydrogen-bond donors (Lipinski definition) is 0. The van der Waals surface area contributed by atoms with Crippen LogP contribution >= 0.6 is 15.9 Å². The van der Waals surface area contributed by atoms with Gasteiger partial charge in [-0.2, -0.15) is 0 Å². The van der Waals surface area contributed by atoms with E-state index in [9.17, 15) is 4.79 Å². The first-order valence-electron chi connectivity index (χ1n) is 7.60. The Balaban J connectivity index is 1.47. The van der Waals surface area contributed by atoms with Crippen LogP contribution in [0, 0.1) is 0 Å². The van der Waals surface area contributed by atoms with Gasteiger partial charge in [0.15, 0.2) is 6.61 Å². The lowest BCUT2D eigenvalue weighted by molar-refractivity contribution is -0.364. The highest BCUT2D eigenvalue weighted by Gasteiger charge is 2.26. The first-order chi connectivity index (χ1) is 11.2. The second-order valence-electron chi connectivity index (χ2n) is 5.36. The first-order valence-corrected chi connectivity index (χ1v) is 8.39. The largest absolute Gasteiger partial charge is 0.484 e. The number of H-pyrrole nitrogens is 1. The minimum atomic E-state index is 0.0320. The standard InChI is InChI=1S/C17H18BrN3O2/c18-14-4-6-15(7-5-14)23-13-17(22)21-11-9-20(10-12-21)16-3-1-2-8-19-16/h1-8H,9-13H2/p+1. The third kappa shape index (κ3) is 4.22. The van der Waals surface area contributed by atoms with E-state index in [1.54, 1.807) is 0 Å². The Bertz CT molecular complexity index is 641. The number of amides is 1. The Labute approximate surface area is 144 Å². The molecule has 0 atom stereocenters. The third-order valence-electron chi connectivity index (χ3n) is 3.84. The van der Waals surface area contributed by atoms with Crippen molar-refractivity contribution in [3.63, 3.8) is 0 Å². The average molecular weight is 377 g/mol. The Morgan fingerprint density at radius 1 is 1.09 bits per heavy atom. The van der Waals surface area contributed by atoms with Crippen LogP contribution in [0.1, 0.15) is 0 Å². The number of carbonyl (C=O) groups is 1. The SMILES string of the molecule is O=C(COc1ccc(Br)cc1)N1CCN(c2cccc[nH+]2)CC1. The van der Waals surface area contributed by atoms with Crippen molar-refractivity contribution in [2.45, 2.75) is 0 Å². The van der Waals surface area contributed by atoms with E-state index >= 15 is 0 Å². The molecule has 1 amide bonds. The van der Waals surface area contributed by atoms with Crippen LogP contribution < -0.4 is 14.6 Å². The highest BCUT2D eigenvalue weighted by Crippen LogP contribution is 2.16. The number of nitrogens with one attached hydrogen (secondary N) is 1. The number of rotatable bonds is 4. The maximum absolute atomic E-state index is 12.2. The number of hydrogen-bond acceptors (Lipinski definition) is 3. The third-order valence-corrected chi connectivity index (χ3v) is 4.37. The molecule has 1 aliphatic heterocycles. The van der Waals surface area contributed by atoms with E-state index in [2.05, 4.69) is 25.8 Å². The summed E-state index contributed by atoms with van der Waals surface area (Å²) in [5.41, 5.74) is 0. The van der Waals surface area contributed by atoms with Crippen LogP contribution in [-0.4, -0.2) is 43.6 Å². The number of benzene rings is 1. The van der Waals surface area contributed by atoms with Crippen LogP contribution in [0.2, 0.25) is 0 Å². The van der Waals surface area contributed by atoms with Gasteiger partial charge in [-0.3, -0.25) is 9.69 Å². The number of anilines is 1. The highest BCUT2D eigenvalue weighted by atomic mass is 79.9. The summed E-state index contributed by atoms with van der Waals surface area (Å²) >= 11 is 3.37. The Morgan fingerprint density at radius 3 is 2.48 bits per heavy atom. The van der Waals surface area contributed by atoms with E-state index in [0.717, 1.165) is 23.4 Å². The summed E-state index contributed by atoms with van der Waals surface area (Å²) < 4.78 is 6.55. The van der Waals surface area contributed by atoms with Gasteiger partial charge in [-0.1, -0.05) is 22.0 Å². The quantitative estimate of drug-likeness (QED) is 0.819. The highest BCUT2D eigenvalue weighted by molar-refractivity contribution is 9.10. The van der Waals surface area contributed by atoms with Crippen LogP contribution in [0.3, 0.4) is 0 Å². The molecule has 1 aliphatic rings. The second-order valence-corrected chi connectivity index (χ2v) is 6.27. The predicted octanol–water partition coefficient (Wildman–Crippen LogP) is 1.99. The molecule has 1 saturated heterocycles. The summed E-state index contributed by atoms with van der Waals surface area (Å²) in [6.07, 6.45) is 1.92. The molecule has 0 spiro atoms. The lowest BCUT2D eigenvalue weighted by Crippen LogP contribution is -2.51. The number of piperazine rings is 1. The molecule has 1 N–H and O–H groups in total. The zero-order valence-corrected chi connectivity index (χ0v) is 14.3. The van der Waals surface area contributed by atoms with E-state index in [1.807, 2.05) is 53.6 Å². The number of halogens is 1. The van der Waals surface area contributed by atoms with Gasteiger partial charge in [0.1, 0.15) is 18.8 Å². The van der Waals surface area contributed by atoms with Gasteiger partial charge in [-0.15, -0.1) is 0 Å². The number of carbonyl (C=O) groups excluding carboxylic acids is 1. The molecular weight excluding hydrogens is 358 g/mol. The zero-order valence-electron chi connectivity index (χ0n) is 12.7. The second kappa shape index (κ2) is 7.46. The van der Waals surface area contributed by atoms with E-state index in [4.69, 9.17) is 4.74 Å². The van der Waals surface area contributed by atoms with Gasteiger partial charge in [-0.05, 0) is 30.3 Å². The molecule has 0 saturated carbocycles. The smallest absolute Gasteiger partial charge is 0.274 e. The van der Waals surface area contributed by atoms with Crippen molar-refractivity contribution in [1.29, 1.82) is 0 Å². The van der Waals surface area contributed by atoms with Crippen LogP contribution in [-0.2, 0) is 4.79 Å². The molecule has 3 rings (SSSR count). The molecule has 0 unspecified atom stereocenters. The normalized spacial score (nSPS) is 14.7. The molecule has 0 bridgehead atoms. The number of aromatic amines is 1. The summed E-state index contributed by atoms with van der Waals surface area (Å²) in [7, 11) is 0. The maximum Gasteiger partial charge on any atom is 0.274 e. The average Bonchev–Trinajstić information content (AvgIpc) is 2.62. The molecule has 23 heavy (non-hydrogen) atoms. The fourth-order valence-corrected chi connectivity index (χ4v) is 2.81. The van der Waals surface area contributed by atoms with Crippen molar-refractivity contribution in [1.82, 2.24) is 4.90 Å². The van der Waals surface area contributed by atoms with Gasteiger partial charge in [0, 0.05) is 10.5 Å². The molecular formula is C17H19BrN3O2+. The molecule has 1 aromatic carbocycles. The molecule has 6 heteroatoms. The van der Waals surface area contributed by atoms with E-state index < -0.39 is 0 Å². The van der Waals surface area contributed by atoms with Gasteiger partial charge >= 0.3 is 0 Å². The van der Waals surface area contributed by atoms with Gasteiger partial charge < -0.3 is 9.64 Å². The van der Waals surface area contributed by atoms with Crippen LogP contribution in [0.25, 0.3) is 0 Å². The molecule has 120 valence electrons. The monoisotopic (exact) mass is 376 g/mol. The van der Waals surface area contributed by atoms with Gasteiger partial charge in [0.25, 0.3) is 11.7 Å². The Kier molecular flexibility index (Phi) is 5.12. The van der Waals surface area contributed by atoms with Crippen molar-refractivity contribution in [3.8, 4) is 5.75 Å². The summed E-state index contributed by atoms with van der Waals surface area (Å²) in [4.78, 5) is 19.6. The summed E-state index contributed by atoms with van der Waals surface area (Å²) in [6.45, 7) is 3.16. The molecule has 1 aromatic heterocycles. The van der Waals surface area contributed by atoms with E-state index in [-0.39, 0.29) is 12.5 Å². The van der Waals surface area contributed by atoms with Crippen molar-refractivity contribution in [2.75, 3.05) is 37.7 Å². The van der Waals surface area contributed by atoms with Gasteiger partial charge in [-0.25, -0.2) is 4.98 Å². The van der Waals surface area contributed by atoms with E-state index in [1.165, 1.54) is 0 Å². The fourth-order valence-electron chi connectivity index (χ4n) is 2.54. The molecule has 1 fully saturated rings. The lowest BCUT2D eigenvalue weighted by Gasteiger charge is -2.30. The van der Waals surface area contributed by atoms with Gasteiger partial charge in [0.05, 0.1) is 19.3 Å². The molecule has 0 aliphatic carbocycles. The molecule has 5 nitrogen and oxygen atoms in total. The number of aromatic nitrogens is 1. The van der Waals surface area contributed by atoms with Gasteiger partial charge in [0.2, 0.25) is 0 Å². The molecule has 2 heterocycles. The Morgan fingerprint density at radius 2 is 1.83 bits per heavy atom. The number of pyridine rings is 1. The number of nitrogens with zero attached hydrogens (tertiary/aromatic N) is 2. The van der Waals surface area contributed by atoms with Crippen molar-refractivity contribution in [3.05, 3.63) is 53.1 Å². The van der Waals surface area contributed by atoms with Crippen molar-refractivity contribution < 1.29 is 14.5 Å². The Hall–Kier alpha value is -2.08. The summed E-state index contributed by atoms with van der Waals surface area (Å²) in [5.74, 6) is 1.83. The predicted molar refractivity (Wildman–Crippen MR) is 91.4 cm³/mol.